The van der Waals surface area contributed by atoms with Crippen molar-refractivity contribution in [3.05, 3.63) is 47.9 Å². The molecule has 0 amide bonds. The lowest BCUT2D eigenvalue weighted by Crippen LogP contribution is -1.49. The summed E-state index contributed by atoms with van der Waals surface area (Å²) in [5, 5.41) is 0. The molecule has 0 radical (unpaired) electrons. The van der Waals surface area contributed by atoms with Crippen LogP contribution in [0.2, 0.25) is 0 Å². The van der Waals surface area contributed by atoms with Gasteiger partial charge >= 0.3 is 0 Å². The molecular weight excluding hydrogens is 96.1 g/mol. The largest absolute Gasteiger partial charge is 0.120 e. The maximum absolute atomic E-state index is 2.91. The van der Waals surface area contributed by atoms with E-state index in [-0.39, 0.29) is 0 Å². The minimum Gasteiger partial charge on any atom is -0.120 e. The Bertz CT molecular complexity index is 180. The van der Waals surface area contributed by atoms with E-state index in [0.29, 0.717) is 0 Å². The molecule has 8 heavy (non-hydrogen) atoms. The van der Waals surface area contributed by atoms with Crippen LogP contribution in [0.3, 0.4) is 0 Å². The Morgan fingerprint density at radius 3 is 1.62 bits per heavy atom. The van der Waals surface area contributed by atoms with Crippen LogP contribution in [0.25, 0.3) is 0 Å². The molecular formula is C8H6. The van der Waals surface area contributed by atoms with E-state index >= 15 is 0 Å². The van der Waals surface area contributed by atoms with E-state index < -0.39 is 0 Å². The van der Waals surface area contributed by atoms with Crippen LogP contribution >= 0.6 is 0 Å². The summed E-state index contributed by atoms with van der Waals surface area (Å²) < 4.78 is 0. The van der Waals surface area contributed by atoms with Crippen LogP contribution in [-0.2, 0) is 0 Å². The smallest absolute Gasteiger partial charge is 0.0123 e. The average Bonchev–Trinajstić information content (AvgIpc) is 1.62. The highest BCUT2D eigenvalue weighted by molar-refractivity contribution is 5.16. The Morgan fingerprint density at radius 2 is 1.12 bits per heavy atom. The van der Waals surface area contributed by atoms with E-state index in [0.717, 1.165) is 0 Å². The molecule has 0 aliphatic heterocycles. The second-order valence-electron chi connectivity index (χ2n) is 1.38. The maximum atomic E-state index is 2.91. The topological polar surface area (TPSA) is 0 Å². The molecule has 0 aromatic heterocycles. The summed E-state index contributed by atoms with van der Waals surface area (Å²) in [5.74, 6) is 0. The molecule has 0 nitrogen and oxygen atoms in total. The average molecular weight is 102 g/mol. The van der Waals surface area contributed by atoms with E-state index in [4.69, 9.17) is 0 Å². The molecule has 0 fully saturated rings. The number of hydrogen-bond donors (Lipinski definition) is 0. The van der Waals surface area contributed by atoms with Gasteiger partial charge in [0.05, 0.1) is 0 Å². The first-order valence-electron chi connectivity index (χ1n) is 2.49. The Hall–Kier alpha value is -1.22. The zero-order chi connectivity index (χ0) is 5.66. The van der Waals surface area contributed by atoms with E-state index in [1.807, 2.05) is 36.5 Å². The zero-order valence-electron chi connectivity index (χ0n) is 4.46. The standard InChI is InChI=1S/C8H6/c1-2-4-6-8-7-5-3-1/h1-4,7-8H. The number of hydrogen-bond acceptors (Lipinski definition) is 0. The van der Waals surface area contributed by atoms with E-state index in [9.17, 15) is 0 Å². The predicted octanol–water partition coefficient (Wildman–Crippen LogP) is 1.98. The molecule has 38 valence electrons. The molecule has 0 heterocycles. The highest BCUT2D eigenvalue weighted by Crippen LogP contribution is 1.80. The molecule has 0 bridgehead atoms. The van der Waals surface area contributed by atoms with Gasteiger partial charge in [0.15, 0.2) is 0 Å². The first kappa shape index (κ1) is 4.93. The van der Waals surface area contributed by atoms with E-state index in [1.54, 1.807) is 0 Å². The third-order valence-electron chi connectivity index (χ3n) is 0.772. The van der Waals surface area contributed by atoms with Gasteiger partial charge in [-0.15, -0.1) is 11.5 Å². The van der Waals surface area contributed by atoms with Crippen LogP contribution in [0.15, 0.2) is 47.9 Å². The van der Waals surface area contributed by atoms with Gasteiger partial charge < -0.3 is 0 Å². The van der Waals surface area contributed by atoms with Gasteiger partial charge in [-0.25, -0.2) is 0 Å². The third-order valence-corrected chi connectivity index (χ3v) is 0.772. The van der Waals surface area contributed by atoms with Gasteiger partial charge in [-0.2, -0.15) is 0 Å². The fourth-order valence-corrected chi connectivity index (χ4v) is 0.430. The van der Waals surface area contributed by atoms with Crippen molar-refractivity contribution in [3.8, 4) is 0 Å². The van der Waals surface area contributed by atoms with Crippen LogP contribution in [-0.4, -0.2) is 0 Å². The van der Waals surface area contributed by atoms with Gasteiger partial charge in [-0.05, 0) is 24.3 Å². The van der Waals surface area contributed by atoms with Crippen molar-refractivity contribution < 1.29 is 0 Å². The molecule has 0 spiro atoms. The van der Waals surface area contributed by atoms with Gasteiger partial charge in [0.25, 0.3) is 0 Å². The zero-order valence-corrected chi connectivity index (χ0v) is 4.46. The van der Waals surface area contributed by atoms with Crippen molar-refractivity contribution in [2.45, 2.75) is 0 Å². The van der Waals surface area contributed by atoms with Crippen molar-refractivity contribution in [1.29, 1.82) is 0 Å². The molecule has 0 saturated heterocycles. The Balaban J connectivity index is 2.98. The monoisotopic (exact) mass is 102 g/mol. The summed E-state index contributed by atoms with van der Waals surface area (Å²) >= 11 is 0. The SMILES string of the molecule is C1=CC=C=CC=CC=1. The fourth-order valence-electron chi connectivity index (χ4n) is 0.430. The van der Waals surface area contributed by atoms with Crippen molar-refractivity contribution in [1.82, 2.24) is 0 Å². The normalized spacial score (nSPS) is 14.0. The number of allylic oxidation sites excluding steroid dienone is 4. The minimum absolute atomic E-state index is 1.82. The lowest BCUT2D eigenvalue weighted by atomic mass is 10.4. The molecule has 1 rings (SSSR count). The van der Waals surface area contributed by atoms with Crippen molar-refractivity contribution in [2.75, 3.05) is 0 Å². The van der Waals surface area contributed by atoms with E-state index in [1.165, 1.54) is 0 Å². The van der Waals surface area contributed by atoms with Gasteiger partial charge in [0, 0.05) is 0 Å². The molecule has 0 N–H and O–H groups in total. The van der Waals surface area contributed by atoms with Crippen LogP contribution in [0.1, 0.15) is 0 Å². The lowest BCUT2D eigenvalue weighted by Gasteiger charge is -1.69. The maximum Gasteiger partial charge on any atom is -0.0123 e. The van der Waals surface area contributed by atoms with Crippen molar-refractivity contribution >= 4 is 0 Å². The summed E-state index contributed by atoms with van der Waals surface area (Å²) in [5.41, 5.74) is 5.82. The molecule has 0 atom stereocenters. The molecule has 0 aromatic rings. The first-order valence-corrected chi connectivity index (χ1v) is 2.49. The second-order valence-corrected chi connectivity index (χ2v) is 1.38. The van der Waals surface area contributed by atoms with Crippen molar-refractivity contribution in [2.24, 2.45) is 0 Å². The number of rotatable bonds is 0. The Morgan fingerprint density at radius 1 is 0.625 bits per heavy atom. The fraction of sp³-hybridized carbons (Fsp3) is 0. The summed E-state index contributed by atoms with van der Waals surface area (Å²) in [6, 6.07) is 0. The summed E-state index contributed by atoms with van der Waals surface area (Å²) in [4.78, 5) is 0. The predicted molar refractivity (Wildman–Crippen MR) is 34.4 cm³/mol. The quantitative estimate of drug-likeness (QED) is 0.410. The van der Waals surface area contributed by atoms with Gasteiger partial charge in [0.1, 0.15) is 0 Å². The third kappa shape index (κ3) is 1.49. The highest BCUT2D eigenvalue weighted by Gasteiger charge is 1.60. The summed E-state index contributed by atoms with van der Waals surface area (Å²) in [6.45, 7) is 0. The molecule has 0 heteroatoms. The van der Waals surface area contributed by atoms with Gasteiger partial charge in [0.2, 0.25) is 0 Å². The van der Waals surface area contributed by atoms with Crippen molar-refractivity contribution in [3.63, 3.8) is 0 Å². The Labute approximate surface area is 48.8 Å². The van der Waals surface area contributed by atoms with Crippen LogP contribution < -0.4 is 0 Å². The minimum atomic E-state index is 1.82. The molecule has 0 saturated carbocycles. The van der Waals surface area contributed by atoms with Gasteiger partial charge in [-0.3, -0.25) is 0 Å². The first-order chi connectivity index (χ1) is 4.00. The second kappa shape index (κ2) is 2.87. The van der Waals surface area contributed by atoms with Crippen LogP contribution in [0.4, 0.5) is 0 Å². The molecule has 1 aliphatic carbocycles. The highest BCUT2D eigenvalue weighted by atomic mass is 13.7. The lowest BCUT2D eigenvalue weighted by molar-refractivity contribution is 1.87. The molecule has 0 unspecified atom stereocenters. The van der Waals surface area contributed by atoms with Crippen LogP contribution in [0, 0.1) is 0 Å². The Kier molecular flexibility index (Phi) is 1.77. The van der Waals surface area contributed by atoms with Crippen LogP contribution in [0.5, 0.6) is 0 Å². The summed E-state index contributed by atoms with van der Waals surface area (Å²) in [6.07, 6.45) is 11.2. The molecule has 0 aromatic carbocycles. The van der Waals surface area contributed by atoms with Gasteiger partial charge in [-0.1, -0.05) is 12.2 Å². The van der Waals surface area contributed by atoms with E-state index in [2.05, 4.69) is 11.5 Å². The summed E-state index contributed by atoms with van der Waals surface area (Å²) in [7, 11) is 0. The molecule has 1 aliphatic rings.